The van der Waals surface area contributed by atoms with Gasteiger partial charge in [0.15, 0.2) is 0 Å². The van der Waals surface area contributed by atoms with E-state index < -0.39 is 0 Å². The zero-order chi connectivity index (χ0) is 17.0. The lowest BCUT2D eigenvalue weighted by molar-refractivity contribution is -0.479. The van der Waals surface area contributed by atoms with Gasteiger partial charge >= 0.3 is 0 Å². The van der Waals surface area contributed by atoms with E-state index in [9.17, 15) is 10.1 Å². The quantitative estimate of drug-likeness (QED) is 0.374. The molecule has 0 aliphatic heterocycles. The molecule has 0 radical (unpaired) electrons. The second-order valence-corrected chi connectivity index (χ2v) is 7.78. The Morgan fingerprint density at radius 3 is 2.26 bits per heavy atom. The molecule has 0 unspecified atom stereocenters. The largest absolute Gasteiger partial charge is 0.398 e. The summed E-state index contributed by atoms with van der Waals surface area (Å²) in [5.41, 5.74) is 8.84. The van der Waals surface area contributed by atoms with Crippen LogP contribution < -0.4 is 5.73 Å². The number of rotatable bonds is 5. The summed E-state index contributed by atoms with van der Waals surface area (Å²) in [5.74, 6) is 0. The molecule has 0 bridgehead atoms. The average molecular weight is 330 g/mol. The number of hydrogen-bond donors (Lipinski definition) is 1. The van der Waals surface area contributed by atoms with Gasteiger partial charge in [-0.3, -0.25) is 10.1 Å². The second kappa shape index (κ2) is 7.04. The van der Waals surface area contributed by atoms with Crippen molar-refractivity contribution in [2.24, 2.45) is 0 Å². The number of anilines is 1. The summed E-state index contributed by atoms with van der Waals surface area (Å²) in [6.07, 6.45) is 0. The molecule has 0 heterocycles. The Balaban J connectivity index is 2.28. The van der Waals surface area contributed by atoms with E-state index in [0.29, 0.717) is 5.69 Å². The minimum absolute atomic E-state index is 0.0636. The van der Waals surface area contributed by atoms with Crippen molar-refractivity contribution in [2.45, 2.75) is 36.3 Å². The number of nitrogens with zero attached hydrogens (tertiary/aromatic N) is 1. The maximum atomic E-state index is 11.0. The third-order valence-electron chi connectivity index (χ3n) is 3.65. The topological polar surface area (TPSA) is 69.2 Å². The van der Waals surface area contributed by atoms with Gasteiger partial charge in [0.2, 0.25) is 6.54 Å². The first-order chi connectivity index (χ1) is 10.8. The van der Waals surface area contributed by atoms with E-state index in [2.05, 4.69) is 32.9 Å². The Morgan fingerprint density at radius 1 is 1.13 bits per heavy atom. The van der Waals surface area contributed by atoms with Crippen LogP contribution in [0.2, 0.25) is 0 Å². The summed E-state index contributed by atoms with van der Waals surface area (Å²) in [6, 6.07) is 15.5. The molecule has 0 fully saturated rings. The summed E-state index contributed by atoms with van der Waals surface area (Å²) < 4.78 is 0. The van der Waals surface area contributed by atoms with Crippen LogP contribution in [0.15, 0.2) is 53.4 Å². The van der Waals surface area contributed by atoms with Gasteiger partial charge in [0.25, 0.3) is 0 Å². The lowest BCUT2D eigenvalue weighted by Crippen LogP contribution is -2.13. The smallest absolute Gasteiger partial charge is 0.220 e. The van der Waals surface area contributed by atoms with Crippen LogP contribution in [0, 0.1) is 10.1 Å². The number of nitrogen functional groups attached to an aromatic ring is 1. The van der Waals surface area contributed by atoms with E-state index in [1.165, 1.54) is 17.3 Å². The maximum Gasteiger partial charge on any atom is 0.220 e. The van der Waals surface area contributed by atoms with E-state index in [-0.39, 0.29) is 22.1 Å². The van der Waals surface area contributed by atoms with Gasteiger partial charge in [0.05, 0.1) is 5.25 Å². The van der Waals surface area contributed by atoms with Crippen LogP contribution >= 0.6 is 11.8 Å². The molecule has 0 aliphatic carbocycles. The number of nitro groups is 1. The van der Waals surface area contributed by atoms with Crippen molar-refractivity contribution in [2.75, 3.05) is 12.3 Å². The summed E-state index contributed by atoms with van der Waals surface area (Å²) in [5, 5.41) is 10.8. The predicted octanol–water partition coefficient (Wildman–Crippen LogP) is 4.68. The number of benzene rings is 2. The van der Waals surface area contributed by atoms with E-state index in [4.69, 9.17) is 5.73 Å². The highest BCUT2D eigenvalue weighted by Gasteiger charge is 2.21. The normalized spacial score (nSPS) is 12.8. The highest BCUT2D eigenvalue weighted by molar-refractivity contribution is 7.99. The van der Waals surface area contributed by atoms with E-state index in [0.717, 1.165) is 10.5 Å². The molecule has 0 saturated heterocycles. The number of para-hydroxylation sites is 1. The van der Waals surface area contributed by atoms with Crippen molar-refractivity contribution in [3.05, 3.63) is 69.8 Å². The summed E-state index contributed by atoms with van der Waals surface area (Å²) >= 11 is 1.44. The van der Waals surface area contributed by atoms with Gasteiger partial charge in [-0.1, -0.05) is 57.2 Å². The Kier molecular flexibility index (Phi) is 5.31. The molecule has 2 N–H and O–H groups in total. The highest BCUT2D eigenvalue weighted by atomic mass is 32.2. The van der Waals surface area contributed by atoms with Crippen LogP contribution in [0.3, 0.4) is 0 Å². The first-order valence-electron chi connectivity index (χ1n) is 7.51. The maximum absolute atomic E-state index is 11.0. The fraction of sp³-hybridized carbons (Fsp3) is 0.333. The van der Waals surface area contributed by atoms with Gasteiger partial charge in [-0.15, -0.1) is 11.8 Å². The van der Waals surface area contributed by atoms with Crippen LogP contribution in [-0.2, 0) is 5.41 Å². The van der Waals surface area contributed by atoms with E-state index in [1.54, 1.807) is 0 Å². The molecule has 122 valence electrons. The van der Waals surface area contributed by atoms with Crippen molar-refractivity contribution in [1.29, 1.82) is 0 Å². The average Bonchev–Trinajstić information content (AvgIpc) is 2.47. The minimum Gasteiger partial charge on any atom is -0.398 e. The highest BCUT2D eigenvalue weighted by Crippen LogP contribution is 2.38. The summed E-state index contributed by atoms with van der Waals surface area (Å²) in [4.78, 5) is 11.7. The molecule has 0 amide bonds. The van der Waals surface area contributed by atoms with Crippen LogP contribution in [0.5, 0.6) is 0 Å². The molecule has 0 aromatic heterocycles. The molecule has 23 heavy (non-hydrogen) atoms. The van der Waals surface area contributed by atoms with Crippen LogP contribution in [0.4, 0.5) is 5.69 Å². The SMILES string of the molecule is CC(C)(C)c1ccc([C@H](C[N+](=O)[O-])Sc2ccccc2N)cc1. The summed E-state index contributed by atoms with van der Waals surface area (Å²) in [7, 11) is 0. The van der Waals surface area contributed by atoms with Crippen LogP contribution in [-0.4, -0.2) is 11.5 Å². The Morgan fingerprint density at radius 2 is 1.74 bits per heavy atom. The third-order valence-corrected chi connectivity index (χ3v) is 4.98. The van der Waals surface area contributed by atoms with Gasteiger partial charge in [0, 0.05) is 15.5 Å². The molecule has 0 spiro atoms. The second-order valence-electron chi connectivity index (χ2n) is 6.53. The van der Waals surface area contributed by atoms with E-state index in [1.807, 2.05) is 36.4 Å². The Hall–Kier alpha value is -2.01. The van der Waals surface area contributed by atoms with Crippen molar-refractivity contribution in [1.82, 2.24) is 0 Å². The first kappa shape index (κ1) is 17.3. The number of thioether (sulfide) groups is 1. The Labute approximate surface area is 141 Å². The fourth-order valence-corrected chi connectivity index (χ4v) is 3.44. The van der Waals surface area contributed by atoms with Crippen molar-refractivity contribution >= 4 is 17.4 Å². The fourth-order valence-electron chi connectivity index (χ4n) is 2.29. The van der Waals surface area contributed by atoms with Crippen LogP contribution in [0.1, 0.15) is 37.1 Å². The zero-order valence-electron chi connectivity index (χ0n) is 13.7. The molecule has 2 aromatic rings. The Bertz CT molecular complexity index is 678. The molecule has 1 atom stereocenters. The van der Waals surface area contributed by atoms with Crippen molar-refractivity contribution in [3.63, 3.8) is 0 Å². The van der Waals surface area contributed by atoms with Gasteiger partial charge in [-0.2, -0.15) is 0 Å². The van der Waals surface area contributed by atoms with Gasteiger partial charge in [-0.05, 0) is 28.7 Å². The molecule has 2 aromatic carbocycles. The molecular weight excluding hydrogens is 308 g/mol. The van der Waals surface area contributed by atoms with Gasteiger partial charge < -0.3 is 5.73 Å². The van der Waals surface area contributed by atoms with Gasteiger partial charge in [0.1, 0.15) is 0 Å². The molecule has 0 aliphatic rings. The standard InChI is InChI=1S/C18H22N2O2S/c1-18(2,3)14-10-8-13(9-11-14)17(12-20(21)22)23-16-7-5-4-6-15(16)19/h4-11,17H,12,19H2,1-3H3/t17-/m0/s1. The van der Waals surface area contributed by atoms with Gasteiger partial charge in [-0.25, -0.2) is 0 Å². The van der Waals surface area contributed by atoms with Crippen molar-refractivity contribution in [3.8, 4) is 0 Å². The minimum atomic E-state index is -0.269. The first-order valence-corrected chi connectivity index (χ1v) is 8.39. The molecule has 5 heteroatoms. The predicted molar refractivity (Wildman–Crippen MR) is 96.5 cm³/mol. The number of hydrogen-bond acceptors (Lipinski definition) is 4. The van der Waals surface area contributed by atoms with E-state index >= 15 is 0 Å². The monoisotopic (exact) mass is 330 g/mol. The van der Waals surface area contributed by atoms with Crippen LogP contribution in [0.25, 0.3) is 0 Å². The lowest BCUT2D eigenvalue weighted by atomic mass is 9.86. The molecule has 2 rings (SSSR count). The molecular formula is C18H22N2O2S. The van der Waals surface area contributed by atoms with Crippen molar-refractivity contribution < 1.29 is 4.92 Å². The zero-order valence-corrected chi connectivity index (χ0v) is 14.5. The molecule has 0 saturated carbocycles. The number of nitrogens with two attached hydrogens (primary N) is 1. The molecule has 4 nitrogen and oxygen atoms in total. The third kappa shape index (κ3) is 4.73. The lowest BCUT2D eigenvalue weighted by Gasteiger charge is -2.20. The summed E-state index contributed by atoms with van der Waals surface area (Å²) in [6.45, 7) is 6.32.